The molecule has 0 unspecified atom stereocenters. The predicted molar refractivity (Wildman–Crippen MR) is 39.6 cm³/mol. The van der Waals surface area contributed by atoms with E-state index in [-0.39, 0.29) is 6.47 Å². The molecule has 1 atom stereocenters. The number of carbonyl (C=O) groups is 2. The van der Waals surface area contributed by atoms with E-state index in [0.29, 0.717) is 12.3 Å². The summed E-state index contributed by atoms with van der Waals surface area (Å²) in [6.45, 7) is 3.98. The van der Waals surface area contributed by atoms with Gasteiger partial charge in [0, 0.05) is 0 Å². The van der Waals surface area contributed by atoms with Gasteiger partial charge in [-0.05, 0) is 12.3 Å². The minimum Gasteiger partial charge on any atom is -0.394 e. The van der Waals surface area contributed by atoms with Gasteiger partial charge in [0.15, 0.2) is 0 Å². The molecule has 2 N–H and O–H groups in total. The Kier molecular flexibility index (Phi) is 4.45. The van der Waals surface area contributed by atoms with Gasteiger partial charge in [-0.15, -0.1) is 0 Å². The summed E-state index contributed by atoms with van der Waals surface area (Å²) in [6.07, 6.45) is 0.534. The lowest BCUT2D eigenvalue weighted by atomic mass is 10.1. The molecule has 0 radical (unpaired) electrons. The molecule has 0 aromatic carbocycles. The fourth-order valence-corrected chi connectivity index (χ4v) is 0.739. The van der Waals surface area contributed by atoms with Crippen LogP contribution in [-0.4, -0.2) is 18.5 Å². The van der Waals surface area contributed by atoms with Crippen LogP contribution in [0, 0.1) is 5.92 Å². The molecule has 11 heavy (non-hydrogen) atoms. The van der Waals surface area contributed by atoms with Crippen molar-refractivity contribution in [3.05, 3.63) is 0 Å². The fraction of sp³-hybridized carbons (Fsp3) is 0.714. The maximum Gasteiger partial charge on any atom is 0.330 e. The van der Waals surface area contributed by atoms with E-state index in [1.165, 1.54) is 0 Å². The first kappa shape index (κ1) is 10.1. The normalized spacial score (nSPS) is 12.7. The number of carbonyl (C=O) groups excluding carboxylic acids is 2. The van der Waals surface area contributed by atoms with E-state index in [1.807, 2.05) is 13.8 Å². The maximum atomic E-state index is 10.7. The van der Waals surface area contributed by atoms with Crippen molar-refractivity contribution < 1.29 is 14.3 Å². The molecule has 0 aliphatic heterocycles. The third kappa shape index (κ3) is 4.50. The highest BCUT2D eigenvalue weighted by Crippen LogP contribution is 2.03. The van der Waals surface area contributed by atoms with E-state index in [9.17, 15) is 9.59 Å². The molecule has 64 valence electrons. The van der Waals surface area contributed by atoms with E-state index >= 15 is 0 Å². The van der Waals surface area contributed by atoms with Gasteiger partial charge in [-0.3, -0.25) is 4.79 Å². The van der Waals surface area contributed by atoms with Crippen molar-refractivity contribution in [1.29, 1.82) is 0 Å². The number of ether oxygens (including phenoxy) is 1. The molecule has 0 aliphatic carbocycles. The van der Waals surface area contributed by atoms with Crippen LogP contribution in [0.1, 0.15) is 20.3 Å². The molecule has 0 saturated carbocycles. The summed E-state index contributed by atoms with van der Waals surface area (Å²) in [4.78, 5) is 20.4. The van der Waals surface area contributed by atoms with Crippen LogP contribution in [0.4, 0.5) is 0 Å². The van der Waals surface area contributed by atoms with Gasteiger partial charge in [0.2, 0.25) is 0 Å². The van der Waals surface area contributed by atoms with Crippen molar-refractivity contribution in [2.75, 3.05) is 0 Å². The largest absolute Gasteiger partial charge is 0.394 e. The summed E-state index contributed by atoms with van der Waals surface area (Å²) >= 11 is 0. The zero-order chi connectivity index (χ0) is 8.85. The maximum absolute atomic E-state index is 10.7. The Labute approximate surface area is 65.7 Å². The predicted octanol–water partition coefficient (Wildman–Crippen LogP) is 0.0594. The van der Waals surface area contributed by atoms with Gasteiger partial charge in [0.05, 0.1) is 0 Å². The van der Waals surface area contributed by atoms with Crippen LogP contribution in [0.2, 0.25) is 0 Å². The number of nitrogens with two attached hydrogens (primary N) is 1. The van der Waals surface area contributed by atoms with Gasteiger partial charge in [-0.1, -0.05) is 13.8 Å². The number of hydrogen-bond acceptors (Lipinski definition) is 4. The van der Waals surface area contributed by atoms with Gasteiger partial charge < -0.3 is 10.5 Å². The monoisotopic (exact) mass is 159 g/mol. The first-order valence-corrected chi connectivity index (χ1v) is 3.47. The summed E-state index contributed by atoms with van der Waals surface area (Å²) in [6, 6.07) is -0.680. The van der Waals surface area contributed by atoms with E-state index in [4.69, 9.17) is 5.73 Å². The molecule has 0 heterocycles. The smallest absolute Gasteiger partial charge is 0.330 e. The van der Waals surface area contributed by atoms with Crippen LogP contribution >= 0.6 is 0 Å². The highest BCUT2D eigenvalue weighted by atomic mass is 16.6. The first-order valence-electron chi connectivity index (χ1n) is 3.47. The average molecular weight is 159 g/mol. The average Bonchev–Trinajstić information content (AvgIpc) is 1.86. The highest BCUT2D eigenvalue weighted by Gasteiger charge is 2.15. The summed E-state index contributed by atoms with van der Waals surface area (Å²) in [5.74, 6) is -0.335. The minimum absolute atomic E-state index is 0.0997. The third-order valence-electron chi connectivity index (χ3n) is 1.19. The molecule has 0 aromatic rings. The molecule has 0 rings (SSSR count). The van der Waals surface area contributed by atoms with Crippen LogP contribution in [0.25, 0.3) is 0 Å². The molecule has 0 amide bonds. The molecule has 4 nitrogen and oxygen atoms in total. The fourth-order valence-electron chi connectivity index (χ4n) is 0.739. The summed E-state index contributed by atoms with van der Waals surface area (Å²) < 4.78 is 4.06. The standard InChI is InChI=1S/C7H13NO3/c1-5(2)3-6(8)7(10)11-4-9/h4-6H,3,8H2,1-2H3/t6-/m0/s1. The zero-order valence-electron chi connectivity index (χ0n) is 6.74. The van der Waals surface area contributed by atoms with Crippen molar-refractivity contribution >= 4 is 12.4 Å². The Balaban J connectivity index is 3.72. The molecule has 0 spiro atoms. The number of esters is 1. The Bertz CT molecular complexity index is 145. The number of hydrogen-bond donors (Lipinski definition) is 1. The lowest BCUT2D eigenvalue weighted by Crippen LogP contribution is -2.33. The van der Waals surface area contributed by atoms with Crippen LogP contribution < -0.4 is 5.73 Å². The van der Waals surface area contributed by atoms with Crippen LogP contribution in [0.5, 0.6) is 0 Å². The van der Waals surface area contributed by atoms with Crippen molar-refractivity contribution in [2.45, 2.75) is 26.3 Å². The summed E-state index contributed by atoms with van der Waals surface area (Å²) in [5.41, 5.74) is 5.37. The van der Waals surface area contributed by atoms with E-state index in [1.54, 1.807) is 0 Å². The SMILES string of the molecule is CC(C)C[C@H](N)C(=O)OC=O. The van der Waals surface area contributed by atoms with Gasteiger partial charge in [-0.2, -0.15) is 0 Å². The van der Waals surface area contributed by atoms with Crippen molar-refractivity contribution in [3.63, 3.8) is 0 Å². The van der Waals surface area contributed by atoms with Crippen LogP contribution in [0.15, 0.2) is 0 Å². The second kappa shape index (κ2) is 4.85. The first-order chi connectivity index (χ1) is 5.07. The highest BCUT2D eigenvalue weighted by molar-refractivity contribution is 5.81. The molecule has 4 heteroatoms. The zero-order valence-corrected chi connectivity index (χ0v) is 6.74. The summed E-state index contributed by atoms with van der Waals surface area (Å²) in [7, 11) is 0. The number of rotatable bonds is 4. The van der Waals surface area contributed by atoms with Gasteiger partial charge >= 0.3 is 12.4 Å². The molecule has 0 saturated heterocycles. The minimum atomic E-state index is -0.680. The molecule has 0 fully saturated rings. The van der Waals surface area contributed by atoms with Crippen molar-refractivity contribution in [3.8, 4) is 0 Å². The molecule has 0 bridgehead atoms. The van der Waals surface area contributed by atoms with Gasteiger partial charge in [0.1, 0.15) is 6.04 Å². The topological polar surface area (TPSA) is 69.4 Å². The van der Waals surface area contributed by atoms with Gasteiger partial charge in [-0.25, -0.2) is 4.79 Å². The second-order valence-electron chi connectivity index (χ2n) is 2.77. The second-order valence-corrected chi connectivity index (χ2v) is 2.77. The Morgan fingerprint density at radius 3 is 2.55 bits per heavy atom. The molecule has 0 aliphatic rings. The molecule has 0 aromatic heterocycles. The third-order valence-corrected chi connectivity index (χ3v) is 1.19. The van der Waals surface area contributed by atoms with Crippen LogP contribution in [-0.2, 0) is 14.3 Å². The van der Waals surface area contributed by atoms with Crippen molar-refractivity contribution in [2.24, 2.45) is 11.7 Å². The van der Waals surface area contributed by atoms with Gasteiger partial charge in [0.25, 0.3) is 0 Å². The Hall–Kier alpha value is -0.900. The lowest BCUT2D eigenvalue weighted by Gasteiger charge is -2.09. The van der Waals surface area contributed by atoms with E-state index in [0.717, 1.165) is 0 Å². The van der Waals surface area contributed by atoms with Crippen molar-refractivity contribution in [1.82, 2.24) is 0 Å². The van der Waals surface area contributed by atoms with E-state index < -0.39 is 12.0 Å². The van der Waals surface area contributed by atoms with Crippen LogP contribution in [0.3, 0.4) is 0 Å². The summed E-state index contributed by atoms with van der Waals surface area (Å²) in [5, 5.41) is 0. The quantitative estimate of drug-likeness (QED) is 0.358. The molecular weight excluding hydrogens is 146 g/mol. The Morgan fingerprint density at radius 1 is 1.64 bits per heavy atom. The molecular formula is C7H13NO3. The lowest BCUT2D eigenvalue weighted by molar-refractivity contribution is -0.152. The van der Waals surface area contributed by atoms with E-state index in [2.05, 4.69) is 4.74 Å². The Morgan fingerprint density at radius 2 is 2.18 bits per heavy atom.